The Morgan fingerprint density at radius 3 is 2.44 bits per heavy atom. The molecule has 0 aromatic rings. The predicted molar refractivity (Wildman–Crippen MR) is 70.6 cm³/mol. The lowest BCUT2D eigenvalue weighted by atomic mass is 10.2. The van der Waals surface area contributed by atoms with Crippen molar-refractivity contribution in [2.24, 2.45) is 0 Å². The van der Waals surface area contributed by atoms with E-state index in [2.05, 4.69) is 17.9 Å². The molecule has 0 aliphatic rings. The molecule has 0 bridgehead atoms. The second kappa shape index (κ2) is 7.17. The molecule has 1 amide bonds. The zero-order valence-electron chi connectivity index (χ0n) is 10.3. The first kappa shape index (κ1) is 15.8. The van der Waals surface area contributed by atoms with Crippen molar-refractivity contribution in [1.82, 2.24) is 5.32 Å². The molecule has 0 heterocycles. The Morgan fingerprint density at radius 1 is 1.50 bits per heavy atom. The first-order chi connectivity index (χ1) is 7.24. The minimum atomic E-state index is -0.848. The van der Waals surface area contributed by atoms with E-state index in [4.69, 9.17) is 4.74 Å². The Kier molecular flexibility index (Phi) is 7.06. The summed E-state index contributed by atoms with van der Waals surface area (Å²) in [6, 6.07) is -0.0953. The Bertz CT molecular complexity index is 251. The van der Waals surface area contributed by atoms with Crippen LogP contribution < -0.4 is 5.32 Å². The number of hydrogen-bond acceptors (Lipinski definition) is 4. The van der Waals surface area contributed by atoms with Crippen molar-refractivity contribution in [2.45, 2.75) is 38.8 Å². The van der Waals surface area contributed by atoms with E-state index in [0.717, 1.165) is 0 Å². The third kappa shape index (κ3) is 9.03. The van der Waals surface area contributed by atoms with Crippen LogP contribution in [0.1, 0.15) is 27.2 Å². The molecule has 1 N–H and O–H groups in total. The van der Waals surface area contributed by atoms with Crippen LogP contribution in [0.15, 0.2) is 0 Å². The lowest BCUT2D eigenvalue weighted by molar-refractivity contribution is 0.0509. The second-order valence-electron chi connectivity index (χ2n) is 4.59. The van der Waals surface area contributed by atoms with Gasteiger partial charge in [0.15, 0.2) is 0 Å². The van der Waals surface area contributed by atoms with Gasteiger partial charge < -0.3 is 10.1 Å². The van der Waals surface area contributed by atoms with E-state index >= 15 is 0 Å². The molecule has 0 aromatic carbocycles. The van der Waals surface area contributed by atoms with Crippen molar-refractivity contribution in [2.75, 3.05) is 17.8 Å². The molecule has 0 aliphatic carbocycles. The number of rotatable bonds is 5. The summed E-state index contributed by atoms with van der Waals surface area (Å²) >= 11 is 4.13. The lowest BCUT2D eigenvalue weighted by Gasteiger charge is -2.22. The van der Waals surface area contributed by atoms with Crippen LogP contribution in [-0.2, 0) is 15.5 Å². The summed E-state index contributed by atoms with van der Waals surface area (Å²) in [5.41, 5.74) is -0.501. The first-order valence-electron chi connectivity index (χ1n) is 5.15. The molecule has 2 unspecified atom stereocenters. The second-order valence-corrected chi connectivity index (χ2v) is 6.51. The minimum absolute atomic E-state index is 0.0953. The van der Waals surface area contributed by atoms with Crippen LogP contribution in [0.4, 0.5) is 4.79 Å². The van der Waals surface area contributed by atoms with Crippen LogP contribution in [0.2, 0.25) is 0 Å². The van der Waals surface area contributed by atoms with Gasteiger partial charge in [0.2, 0.25) is 0 Å². The highest BCUT2D eigenvalue weighted by atomic mass is 32.2. The van der Waals surface area contributed by atoms with Crippen LogP contribution >= 0.6 is 12.6 Å². The van der Waals surface area contributed by atoms with Crippen molar-refractivity contribution < 1.29 is 13.7 Å². The molecule has 0 saturated heterocycles. The molecular formula is C10H21NO3S2. The van der Waals surface area contributed by atoms with E-state index in [0.29, 0.717) is 17.9 Å². The molecular weight excluding hydrogens is 246 g/mol. The predicted octanol–water partition coefficient (Wildman–Crippen LogP) is 1.58. The van der Waals surface area contributed by atoms with Gasteiger partial charge in [-0.05, 0) is 27.2 Å². The summed E-state index contributed by atoms with van der Waals surface area (Å²) in [6.45, 7) is 5.43. The Morgan fingerprint density at radius 2 is 2.06 bits per heavy atom. The highest BCUT2D eigenvalue weighted by Gasteiger charge is 2.18. The molecule has 2 atom stereocenters. The SMILES string of the molecule is CS(=O)CCC(CS)NC(=O)OC(C)(C)C. The molecule has 6 heteroatoms. The van der Waals surface area contributed by atoms with Crippen LogP contribution in [-0.4, -0.2) is 39.7 Å². The zero-order chi connectivity index (χ0) is 12.8. The first-order valence-corrected chi connectivity index (χ1v) is 7.51. The van der Waals surface area contributed by atoms with Crippen LogP contribution in [0.5, 0.6) is 0 Å². The van der Waals surface area contributed by atoms with E-state index in [1.807, 2.05) is 20.8 Å². The maximum absolute atomic E-state index is 11.4. The fourth-order valence-electron chi connectivity index (χ4n) is 0.992. The molecule has 0 spiro atoms. The molecule has 96 valence electrons. The molecule has 0 radical (unpaired) electrons. The van der Waals surface area contributed by atoms with Gasteiger partial charge in [0.25, 0.3) is 0 Å². The maximum Gasteiger partial charge on any atom is 0.407 e. The van der Waals surface area contributed by atoms with Gasteiger partial charge in [0.1, 0.15) is 5.60 Å². The zero-order valence-corrected chi connectivity index (χ0v) is 12.0. The number of carbonyl (C=O) groups is 1. The number of alkyl carbamates (subject to hydrolysis) is 1. The van der Waals surface area contributed by atoms with Crippen LogP contribution in [0, 0.1) is 0 Å². The summed E-state index contributed by atoms with van der Waals surface area (Å²) in [5.74, 6) is 1.07. The highest BCUT2D eigenvalue weighted by molar-refractivity contribution is 7.84. The van der Waals surface area contributed by atoms with E-state index in [1.54, 1.807) is 6.26 Å². The van der Waals surface area contributed by atoms with Gasteiger partial charge in [0.05, 0.1) is 0 Å². The fourth-order valence-corrected chi connectivity index (χ4v) is 1.88. The van der Waals surface area contributed by atoms with Crippen LogP contribution in [0.25, 0.3) is 0 Å². The maximum atomic E-state index is 11.4. The van der Waals surface area contributed by atoms with Gasteiger partial charge in [0, 0.05) is 34.6 Å². The molecule has 16 heavy (non-hydrogen) atoms. The van der Waals surface area contributed by atoms with Crippen LogP contribution in [0.3, 0.4) is 0 Å². The molecule has 0 aliphatic heterocycles. The summed E-state index contributed by atoms with van der Waals surface area (Å²) in [5, 5.41) is 2.71. The molecule has 4 nitrogen and oxygen atoms in total. The monoisotopic (exact) mass is 267 g/mol. The lowest BCUT2D eigenvalue weighted by Crippen LogP contribution is -2.40. The molecule has 0 rings (SSSR count). The summed E-state index contributed by atoms with van der Waals surface area (Å²) < 4.78 is 16.0. The summed E-state index contributed by atoms with van der Waals surface area (Å²) in [4.78, 5) is 11.4. The van der Waals surface area contributed by atoms with Gasteiger partial charge in [-0.25, -0.2) is 4.79 Å². The number of thiol groups is 1. The third-order valence-electron chi connectivity index (χ3n) is 1.70. The van der Waals surface area contributed by atoms with Gasteiger partial charge >= 0.3 is 6.09 Å². The normalized spacial score (nSPS) is 15.3. The van der Waals surface area contributed by atoms with Gasteiger partial charge in [-0.3, -0.25) is 4.21 Å². The fraction of sp³-hybridized carbons (Fsp3) is 0.900. The Labute approximate surface area is 105 Å². The van der Waals surface area contributed by atoms with E-state index in [1.165, 1.54) is 0 Å². The highest BCUT2D eigenvalue weighted by Crippen LogP contribution is 2.07. The summed E-state index contributed by atoms with van der Waals surface area (Å²) in [6.07, 6.45) is 1.84. The molecule has 0 saturated carbocycles. The van der Waals surface area contributed by atoms with Gasteiger partial charge in [-0.15, -0.1) is 0 Å². The minimum Gasteiger partial charge on any atom is -0.444 e. The van der Waals surface area contributed by atoms with E-state index in [-0.39, 0.29) is 6.04 Å². The van der Waals surface area contributed by atoms with Crippen molar-refractivity contribution in [3.63, 3.8) is 0 Å². The van der Waals surface area contributed by atoms with E-state index in [9.17, 15) is 9.00 Å². The average Bonchev–Trinajstić information content (AvgIpc) is 2.08. The van der Waals surface area contributed by atoms with Gasteiger partial charge in [-0.2, -0.15) is 12.6 Å². The molecule has 0 aromatic heterocycles. The van der Waals surface area contributed by atoms with Crippen molar-refractivity contribution in [3.05, 3.63) is 0 Å². The summed E-state index contributed by atoms with van der Waals surface area (Å²) in [7, 11) is -0.848. The number of amides is 1. The van der Waals surface area contributed by atoms with E-state index < -0.39 is 22.5 Å². The smallest absolute Gasteiger partial charge is 0.407 e. The number of hydrogen-bond donors (Lipinski definition) is 2. The van der Waals surface area contributed by atoms with Crippen molar-refractivity contribution >= 4 is 29.5 Å². The Balaban J connectivity index is 4.02. The van der Waals surface area contributed by atoms with Crippen molar-refractivity contribution in [3.8, 4) is 0 Å². The third-order valence-corrected chi connectivity index (χ3v) is 2.95. The number of carbonyl (C=O) groups excluding carboxylic acids is 1. The standard InChI is InChI=1S/C10H21NO3S2/c1-10(2,3)14-9(12)11-8(7-15)5-6-16(4)13/h8,15H,5-7H2,1-4H3,(H,11,12). The Hall–Kier alpha value is -0.230. The largest absolute Gasteiger partial charge is 0.444 e. The molecule has 0 fully saturated rings. The number of ether oxygens (including phenoxy) is 1. The van der Waals surface area contributed by atoms with Crippen molar-refractivity contribution in [1.29, 1.82) is 0 Å². The quantitative estimate of drug-likeness (QED) is 0.744. The van der Waals surface area contributed by atoms with Gasteiger partial charge in [-0.1, -0.05) is 0 Å². The topological polar surface area (TPSA) is 55.4 Å². The average molecular weight is 267 g/mol. The number of nitrogens with one attached hydrogen (secondary N) is 1.